The zero-order valence-corrected chi connectivity index (χ0v) is 80.8. The van der Waals surface area contributed by atoms with E-state index in [9.17, 15) is 0 Å². The normalized spacial score (nSPS) is 12.0. The highest BCUT2D eigenvalue weighted by Gasteiger charge is 2.34. The van der Waals surface area contributed by atoms with Crippen molar-refractivity contribution in [3.05, 3.63) is 11.9 Å². The van der Waals surface area contributed by atoms with E-state index in [1.165, 1.54) is 648 Å². The van der Waals surface area contributed by atoms with Gasteiger partial charge < -0.3 is 10.6 Å². The fourth-order valence-corrected chi connectivity index (χ4v) is 19.6. The molecule has 2 nitrogen and oxygen atoms in total. The van der Waals surface area contributed by atoms with Crippen LogP contribution in [-0.2, 0) is 0 Å². The molecule has 0 aliphatic carbocycles. The van der Waals surface area contributed by atoms with Gasteiger partial charge in [0, 0.05) is 11.1 Å². The molecule has 0 spiro atoms. The molecule has 0 aliphatic rings. The van der Waals surface area contributed by atoms with Crippen LogP contribution in [0.25, 0.3) is 0 Å². The van der Waals surface area contributed by atoms with E-state index >= 15 is 0 Å². The molecule has 678 valence electrons. The quantitative estimate of drug-likeness (QED) is 0.0593. The second-order valence-corrected chi connectivity index (χ2v) is 39.1. The van der Waals surface area contributed by atoms with Gasteiger partial charge in [-0.25, -0.2) is 0 Å². The predicted molar refractivity (Wildman–Crippen MR) is 521 cm³/mol. The van der Waals surface area contributed by atoms with E-state index in [1.807, 2.05) is 0 Å². The maximum absolute atomic E-state index is 4.74. The summed E-state index contributed by atoms with van der Waals surface area (Å²) in [6, 6.07) is 0. The van der Waals surface area contributed by atoms with E-state index in [4.69, 9.17) is 10.6 Å². The lowest BCUT2D eigenvalue weighted by molar-refractivity contribution is 0.214. The first-order chi connectivity index (χ1) is 56.0. The summed E-state index contributed by atoms with van der Waals surface area (Å²) in [6.07, 6.45) is 147. The highest BCUT2D eigenvalue weighted by molar-refractivity contribution is 5.08. The highest BCUT2D eigenvalue weighted by atomic mass is 15.2. The summed E-state index contributed by atoms with van der Waals surface area (Å²) in [7, 11) is 0. The van der Waals surface area contributed by atoms with Gasteiger partial charge in [-0.2, -0.15) is 0 Å². The molecule has 0 saturated heterocycles. The summed E-state index contributed by atoms with van der Waals surface area (Å²) in [5, 5.41) is 9.49. The molecular weight excluding hydrogens is 1360 g/mol. The molecule has 0 aliphatic heterocycles. The topological polar surface area (TPSA) is 24.1 Å². The van der Waals surface area contributed by atoms with Crippen molar-refractivity contribution in [3.8, 4) is 0 Å². The van der Waals surface area contributed by atoms with Crippen molar-refractivity contribution in [2.75, 3.05) is 0 Å². The summed E-state index contributed by atoms with van der Waals surface area (Å²) in [5.41, 5.74) is 0.362. The van der Waals surface area contributed by atoms with Crippen LogP contribution in [0.3, 0.4) is 0 Å². The molecule has 0 radical (unpaired) electrons. The van der Waals surface area contributed by atoms with E-state index in [1.54, 1.807) is 0 Å². The molecular formula is C111H224N2. The molecule has 0 aromatic rings. The van der Waals surface area contributed by atoms with Crippen LogP contribution in [0.15, 0.2) is 11.9 Å². The second kappa shape index (κ2) is 98.5. The first-order valence-corrected chi connectivity index (χ1v) is 55.2. The minimum absolute atomic E-state index is 0.181. The number of rotatable bonds is 104. The van der Waals surface area contributed by atoms with Crippen molar-refractivity contribution in [1.29, 1.82) is 0 Å². The zero-order valence-electron chi connectivity index (χ0n) is 80.8. The van der Waals surface area contributed by atoms with Gasteiger partial charge in [-0.05, 0) is 51.5 Å². The number of nitrogens with one attached hydrogen (secondary N) is 2. The van der Waals surface area contributed by atoms with Crippen LogP contribution >= 0.6 is 0 Å². The Balaban J connectivity index is 6.85. The Labute approximate surface area is 719 Å². The van der Waals surface area contributed by atoms with Crippen LogP contribution in [0, 0.1) is 0 Å². The van der Waals surface area contributed by atoms with Crippen LogP contribution in [0.1, 0.15) is 691 Å². The summed E-state index contributed by atoms with van der Waals surface area (Å²) in [6.45, 7) is 16.5. The van der Waals surface area contributed by atoms with Gasteiger partial charge in [-0.3, -0.25) is 0 Å². The SMILES string of the molecule is CC=C(NC(CCCCCCCCCCCCCCCCC)(CCCCCCCCCCCCCCCCCC)CCCCCCCCCCCCCCCCCC)NC(CCCCCCCCCCCCCCCCC)(CCCCCCCCCCCCCCCCCC)CCCCCCCCCCCCCCCCCC. The first kappa shape index (κ1) is 112. The van der Waals surface area contributed by atoms with Gasteiger partial charge in [0.25, 0.3) is 0 Å². The Bertz CT molecular complexity index is 1510. The van der Waals surface area contributed by atoms with Crippen LogP contribution in [0.2, 0.25) is 0 Å². The average molecular weight is 1590 g/mol. The molecule has 0 rings (SSSR count). The van der Waals surface area contributed by atoms with Gasteiger partial charge in [0.05, 0.1) is 5.82 Å². The summed E-state index contributed by atoms with van der Waals surface area (Å²) < 4.78 is 0. The molecule has 2 heteroatoms. The maximum atomic E-state index is 4.74. The van der Waals surface area contributed by atoms with Gasteiger partial charge in [-0.15, -0.1) is 0 Å². The van der Waals surface area contributed by atoms with Crippen LogP contribution in [-0.4, -0.2) is 11.1 Å². The number of hydrogen-bond donors (Lipinski definition) is 2. The number of hydrogen-bond acceptors (Lipinski definition) is 2. The summed E-state index contributed by atoms with van der Waals surface area (Å²) in [4.78, 5) is 0. The predicted octanol–water partition coefficient (Wildman–Crippen LogP) is 41.6. The van der Waals surface area contributed by atoms with Crippen LogP contribution in [0.5, 0.6) is 0 Å². The Morgan fingerprint density at radius 2 is 0.212 bits per heavy atom. The smallest absolute Gasteiger partial charge is 0.0951 e. The minimum atomic E-state index is 0.181. The molecule has 0 aromatic heterocycles. The third-order valence-electron chi connectivity index (χ3n) is 27.6. The van der Waals surface area contributed by atoms with E-state index in [0.29, 0.717) is 0 Å². The Morgan fingerprint density at radius 1 is 0.133 bits per heavy atom. The van der Waals surface area contributed by atoms with Crippen molar-refractivity contribution < 1.29 is 0 Å². The van der Waals surface area contributed by atoms with Gasteiger partial charge in [-0.1, -0.05) is 645 Å². The summed E-state index contributed by atoms with van der Waals surface area (Å²) >= 11 is 0. The maximum Gasteiger partial charge on any atom is 0.0951 e. The molecule has 2 N–H and O–H groups in total. The minimum Gasteiger partial charge on any atom is -0.367 e. The fraction of sp³-hybridized carbons (Fsp3) is 0.982. The first-order valence-electron chi connectivity index (χ1n) is 55.2. The zero-order chi connectivity index (χ0) is 81.4. The van der Waals surface area contributed by atoms with Crippen LogP contribution in [0.4, 0.5) is 0 Å². The third kappa shape index (κ3) is 87.5. The third-order valence-corrected chi connectivity index (χ3v) is 27.6. The Hall–Kier alpha value is -0.660. The largest absolute Gasteiger partial charge is 0.367 e. The molecule has 0 unspecified atom stereocenters. The second-order valence-electron chi connectivity index (χ2n) is 39.1. The summed E-state index contributed by atoms with van der Waals surface area (Å²) in [5.74, 6) is 1.45. The van der Waals surface area contributed by atoms with Crippen molar-refractivity contribution in [3.63, 3.8) is 0 Å². The molecule has 0 saturated carbocycles. The molecule has 0 amide bonds. The lowest BCUT2D eigenvalue weighted by Crippen LogP contribution is -2.53. The van der Waals surface area contributed by atoms with Crippen molar-refractivity contribution >= 4 is 0 Å². The van der Waals surface area contributed by atoms with Crippen molar-refractivity contribution in [2.45, 2.75) is 702 Å². The molecule has 0 atom stereocenters. The molecule has 0 heterocycles. The van der Waals surface area contributed by atoms with Gasteiger partial charge in [0.2, 0.25) is 0 Å². The Kier molecular flexibility index (Phi) is 97.9. The lowest BCUT2D eigenvalue weighted by atomic mass is 9.80. The van der Waals surface area contributed by atoms with Crippen LogP contribution < -0.4 is 10.6 Å². The lowest BCUT2D eigenvalue weighted by Gasteiger charge is -2.43. The molecule has 0 fully saturated rings. The standard InChI is InChI=1S/C111H224N2/c1-8-15-21-27-33-39-45-51-57-63-69-75-81-87-93-99-105-110(103-97-91-85-79-73-67-61-55-49-43-37-31-25-19-12-5,106-100-94-88-82-76-70-64-58-52-46-40-34-28-22-16-9-2)112-109(14-7)113-111(104-98-92-86-80-74-68-62-56-50-44-38-32-26-20-13-6,107-101-95-89-83-77-71-65-59-53-47-41-35-29-23-17-10-3)108-102-96-90-84-78-72-66-60-54-48-42-36-30-24-18-11-4/h14,112-113H,8-13,15-108H2,1-7H3. The highest BCUT2D eigenvalue weighted by Crippen LogP contribution is 2.35. The molecule has 0 aromatic carbocycles. The monoisotopic (exact) mass is 1590 g/mol. The van der Waals surface area contributed by atoms with E-state index < -0.39 is 0 Å². The number of allylic oxidation sites excluding steroid dienone is 1. The average Bonchev–Trinajstić information content (AvgIpc) is 0.827. The van der Waals surface area contributed by atoms with Crippen molar-refractivity contribution in [1.82, 2.24) is 10.6 Å². The van der Waals surface area contributed by atoms with E-state index in [-0.39, 0.29) is 11.1 Å². The van der Waals surface area contributed by atoms with E-state index in [0.717, 1.165) is 0 Å². The fourth-order valence-electron chi connectivity index (χ4n) is 19.6. The molecule has 113 heavy (non-hydrogen) atoms. The van der Waals surface area contributed by atoms with Crippen molar-refractivity contribution in [2.24, 2.45) is 0 Å². The number of unbranched alkanes of at least 4 members (excludes halogenated alkanes) is 88. The molecule has 0 bridgehead atoms. The van der Waals surface area contributed by atoms with E-state index in [2.05, 4.69) is 54.5 Å². The van der Waals surface area contributed by atoms with Gasteiger partial charge in [0.15, 0.2) is 0 Å². The van der Waals surface area contributed by atoms with Gasteiger partial charge >= 0.3 is 0 Å². The van der Waals surface area contributed by atoms with Gasteiger partial charge in [0.1, 0.15) is 0 Å². The Morgan fingerprint density at radius 3 is 0.292 bits per heavy atom.